The van der Waals surface area contributed by atoms with Crippen molar-refractivity contribution in [3.05, 3.63) is 68.7 Å². The van der Waals surface area contributed by atoms with E-state index in [4.69, 9.17) is 11.6 Å². The number of carbonyl (C=O) groups excluding carboxylic acids is 1. The summed E-state index contributed by atoms with van der Waals surface area (Å²) in [5, 5.41) is 0.678. The Morgan fingerprint density at radius 1 is 1.25 bits per heavy atom. The van der Waals surface area contributed by atoms with Gasteiger partial charge in [0.2, 0.25) is 0 Å². The molecule has 0 aromatic heterocycles. The summed E-state index contributed by atoms with van der Waals surface area (Å²) in [6, 6.07) is 13.2. The summed E-state index contributed by atoms with van der Waals surface area (Å²) in [4.78, 5) is 14.1. The Bertz CT molecular complexity index is 642. The first-order valence-corrected chi connectivity index (χ1v) is 7.41. The van der Waals surface area contributed by atoms with Gasteiger partial charge in [0.15, 0.2) is 0 Å². The van der Waals surface area contributed by atoms with E-state index in [0.29, 0.717) is 17.1 Å². The van der Waals surface area contributed by atoms with Gasteiger partial charge >= 0.3 is 0 Å². The highest BCUT2D eigenvalue weighted by Crippen LogP contribution is 2.20. The average molecular weight is 353 g/mol. The number of carbonyl (C=O) groups is 1. The molecular formula is C16H15BrClNO. The van der Waals surface area contributed by atoms with Gasteiger partial charge in [0, 0.05) is 28.7 Å². The molecule has 2 nitrogen and oxygen atoms in total. The van der Waals surface area contributed by atoms with Crippen LogP contribution in [-0.4, -0.2) is 17.9 Å². The molecule has 1 amide bonds. The summed E-state index contributed by atoms with van der Waals surface area (Å²) in [6.07, 6.45) is 0. The molecule has 0 atom stereocenters. The number of rotatable bonds is 3. The van der Waals surface area contributed by atoms with Crippen LogP contribution < -0.4 is 0 Å². The third-order valence-corrected chi connectivity index (χ3v) is 4.35. The van der Waals surface area contributed by atoms with Crippen molar-refractivity contribution >= 4 is 33.4 Å². The van der Waals surface area contributed by atoms with E-state index in [1.807, 2.05) is 49.4 Å². The quantitative estimate of drug-likeness (QED) is 0.785. The van der Waals surface area contributed by atoms with Crippen molar-refractivity contribution in [3.63, 3.8) is 0 Å². The van der Waals surface area contributed by atoms with Crippen LogP contribution in [0.4, 0.5) is 0 Å². The molecule has 0 N–H and O–H groups in total. The van der Waals surface area contributed by atoms with Crippen LogP contribution in [-0.2, 0) is 6.54 Å². The van der Waals surface area contributed by atoms with E-state index in [1.165, 1.54) is 0 Å². The maximum absolute atomic E-state index is 12.4. The van der Waals surface area contributed by atoms with E-state index in [2.05, 4.69) is 15.9 Å². The molecule has 2 aromatic carbocycles. The maximum Gasteiger partial charge on any atom is 0.253 e. The van der Waals surface area contributed by atoms with E-state index in [1.54, 1.807) is 11.9 Å². The lowest BCUT2D eigenvalue weighted by atomic mass is 10.1. The second-order valence-corrected chi connectivity index (χ2v) is 5.98. The molecule has 0 saturated heterocycles. The minimum Gasteiger partial charge on any atom is -0.337 e. The first kappa shape index (κ1) is 15.1. The zero-order chi connectivity index (χ0) is 14.7. The number of hydrogen-bond donors (Lipinski definition) is 0. The lowest BCUT2D eigenvalue weighted by Gasteiger charge is -2.18. The number of hydrogen-bond acceptors (Lipinski definition) is 1. The molecule has 0 radical (unpaired) electrons. The first-order valence-electron chi connectivity index (χ1n) is 6.24. The predicted molar refractivity (Wildman–Crippen MR) is 86.1 cm³/mol. The zero-order valence-corrected chi connectivity index (χ0v) is 13.7. The van der Waals surface area contributed by atoms with Crippen molar-refractivity contribution < 1.29 is 4.79 Å². The van der Waals surface area contributed by atoms with E-state index in [0.717, 1.165) is 15.6 Å². The molecule has 0 saturated carbocycles. The highest BCUT2D eigenvalue weighted by molar-refractivity contribution is 9.10. The average Bonchev–Trinajstić information content (AvgIpc) is 2.43. The highest BCUT2D eigenvalue weighted by atomic mass is 79.9. The number of halogens is 2. The monoisotopic (exact) mass is 351 g/mol. The van der Waals surface area contributed by atoms with Crippen molar-refractivity contribution in [2.24, 2.45) is 0 Å². The van der Waals surface area contributed by atoms with Gasteiger partial charge in [-0.3, -0.25) is 4.79 Å². The Labute approximate surface area is 132 Å². The van der Waals surface area contributed by atoms with Gasteiger partial charge in [-0.1, -0.05) is 51.8 Å². The molecule has 0 unspecified atom stereocenters. The Kier molecular flexibility index (Phi) is 4.84. The molecule has 20 heavy (non-hydrogen) atoms. The van der Waals surface area contributed by atoms with E-state index in [-0.39, 0.29) is 5.91 Å². The lowest BCUT2D eigenvalue weighted by Crippen LogP contribution is -2.26. The van der Waals surface area contributed by atoms with Gasteiger partial charge in [-0.15, -0.1) is 0 Å². The van der Waals surface area contributed by atoms with E-state index < -0.39 is 0 Å². The molecule has 0 aliphatic heterocycles. The van der Waals surface area contributed by atoms with E-state index >= 15 is 0 Å². The molecule has 2 rings (SSSR count). The molecule has 0 bridgehead atoms. The molecule has 104 valence electrons. The van der Waals surface area contributed by atoms with Gasteiger partial charge in [-0.25, -0.2) is 0 Å². The Balaban J connectivity index is 2.16. The second kappa shape index (κ2) is 6.42. The topological polar surface area (TPSA) is 20.3 Å². The smallest absolute Gasteiger partial charge is 0.253 e. The standard InChI is InChI=1S/C16H15BrClNO/c1-11-7-8-12(9-14(11)17)16(20)19(2)10-13-5-3-4-6-15(13)18/h3-9H,10H2,1-2H3. The van der Waals surface area contributed by atoms with Crippen LogP contribution in [0.2, 0.25) is 5.02 Å². The second-order valence-electron chi connectivity index (χ2n) is 4.72. The fourth-order valence-electron chi connectivity index (χ4n) is 1.90. The van der Waals surface area contributed by atoms with Gasteiger partial charge < -0.3 is 4.90 Å². The molecule has 0 aliphatic carbocycles. The molecule has 0 fully saturated rings. The minimum absolute atomic E-state index is 0.0226. The van der Waals surface area contributed by atoms with Crippen molar-refractivity contribution in [3.8, 4) is 0 Å². The van der Waals surface area contributed by atoms with Crippen LogP contribution >= 0.6 is 27.5 Å². The third kappa shape index (κ3) is 3.41. The van der Waals surface area contributed by atoms with Gasteiger partial charge in [0.05, 0.1) is 0 Å². The Morgan fingerprint density at radius 2 is 1.95 bits per heavy atom. The molecule has 4 heteroatoms. The van der Waals surface area contributed by atoms with Crippen LogP contribution in [0.1, 0.15) is 21.5 Å². The maximum atomic E-state index is 12.4. The number of nitrogens with zero attached hydrogens (tertiary/aromatic N) is 1. The van der Waals surface area contributed by atoms with Crippen LogP contribution in [0.25, 0.3) is 0 Å². The van der Waals surface area contributed by atoms with Crippen LogP contribution in [0, 0.1) is 6.92 Å². The number of amides is 1. The van der Waals surface area contributed by atoms with Crippen molar-refractivity contribution in [2.45, 2.75) is 13.5 Å². The lowest BCUT2D eigenvalue weighted by molar-refractivity contribution is 0.0785. The molecule has 0 aliphatic rings. The predicted octanol–water partition coefficient (Wildman–Crippen LogP) is 4.68. The van der Waals surface area contributed by atoms with Crippen LogP contribution in [0.15, 0.2) is 46.9 Å². The van der Waals surface area contributed by atoms with Crippen molar-refractivity contribution in [1.82, 2.24) is 4.90 Å². The van der Waals surface area contributed by atoms with Gasteiger partial charge in [-0.2, -0.15) is 0 Å². The van der Waals surface area contributed by atoms with E-state index in [9.17, 15) is 4.79 Å². The van der Waals surface area contributed by atoms with Crippen LogP contribution in [0.3, 0.4) is 0 Å². The fourth-order valence-corrected chi connectivity index (χ4v) is 2.47. The summed E-state index contributed by atoms with van der Waals surface area (Å²) in [5.41, 5.74) is 2.71. The summed E-state index contributed by atoms with van der Waals surface area (Å²) in [6.45, 7) is 2.48. The van der Waals surface area contributed by atoms with Gasteiger partial charge in [0.25, 0.3) is 5.91 Å². The zero-order valence-electron chi connectivity index (χ0n) is 11.4. The summed E-state index contributed by atoms with van der Waals surface area (Å²) in [5.74, 6) is -0.0226. The molecule has 0 spiro atoms. The normalized spacial score (nSPS) is 10.4. The Hall–Kier alpha value is -1.32. The first-order chi connectivity index (χ1) is 9.49. The number of benzene rings is 2. The third-order valence-electron chi connectivity index (χ3n) is 3.13. The summed E-state index contributed by atoms with van der Waals surface area (Å²) < 4.78 is 0.939. The SMILES string of the molecule is Cc1ccc(C(=O)N(C)Cc2ccccc2Cl)cc1Br. The summed E-state index contributed by atoms with van der Waals surface area (Å²) in [7, 11) is 1.78. The van der Waals surface area contributed by atoms with Crippen LogP contribution in [0.5, 0.6) is 0 Å². The number of aryl methyl sites for hydroxylation is 1. The fraction of sp³-hybridized carbons (Fsp3) is 0.188. The molecular weight excluding hydrogens is 338 g/mol. The Morgan fingerprint density at radius 3 is 2.60 bits per heavy atom. The van der Waals surface area contributed by atoms with Crippen molar-refractivity contribution in [1.29, 1.82) is 0 Å². The van der Waals surface area contributed by atoms with Gasteiger partial charge in [0.1, 0.15) is 0 Å². The summed E-state index contributed by atoms with van der Waals surface area (Å²) >= 11 is 9.57. The molecule has 0 heterocycles. The van der Waals surface area contributed by atoms with Gasteiger partial charge in [-0.05, 0) is 36.2 Å². The largest absolute Gasteiger partial charge is 0.337 e. The minimum atomic E-state index is -0.0226. The molecule has 2 aromatic rings. The highest BCUT2D eigenvalue weighted by Gasteiger charge is 2.14. The van der Waals surface area contributed by atoms with Crippen molar-refractivity contribution in [2.75, 3.05) is 7.05 Å².